The number of aromatic nitrogens is 2. The van der Waals surface area contributed by atoms with Gasteiger partial charge in [0, 0.05) is 23.5 Å². The predicted octanol–water partition coefficient (Wildman–Crippen LogP) is 6.06. The number of carbonyl (C=O) groups excluding carboxylic acids is 3. The molecule has 15 heteroatoms. The number of non-ortho nitro benzene ring substituents is 1. The number of carbonyl (C=O) groups is 3. The lowest BCUT2D eigenvalue weighted by molar-refractivity contribution is -0.384. The van der Waals surface area contributed by atoms with E-state index in [4.69, 9.17) is 0 Å². The highest BCUT2D eigenvalue weighted by atomic mass is 32.2. The second-order valence-corrected chi connectivity index (χ2v) is 12.8. The van der Waals surface area contributed by atoms with Crippen molar-refractivity contribution in [3.63, 3.8) is 0 Å². The molecule has 0 atom stereocenters. The lowest BCUT2D eigenvalue weighted by Crippen LogP contribution is -2.14. The van der Waals surface area contributed by atoms with Gasteiger partial charge in [-0.05, 0) is 48.5 Å². The fourth-order valence-electron chi connectivity index (χ4n) is 3.57. The highest BCUT2D eigenvalue weighted by Gasteiger charge is 2.14. The first-order chi connectivity index (χ1) is 19.8. The van der Waals surface area contributed by atoms with Gasteiger partial charge in [0.05, 0.1) is 49.5 Å². The number of thiazole rings is 2. The Bertz CT molecular complexity index is 1790. The zero-order valence-electron chi connectivity index (χ0n) is 21.1. The first kappa shape index (κ1) is 28.5. The van der Waals surface area contributed by atoms with Crippen molar-refractivity contribution in [2.45, 2.75) is 8.68 Å². The Balaban J connectivity index is 1.13. The van der Waals surface area contributed by atoms with Crippen LogP contribution in [0.2, 0.25) is 0 Å². The van der Waals surface area contributed by atoms with Gasteiger partial charge in [-0.15, -0.1) is 22.7 Å². The lowest BCUT2D eigenvalue weighted by atomic mass is 10.2. The van der Waals surface area contributed by atoms with Crippen LogP contribution >= 0.6 is 46.2 Å². The van der Waals surface area contributed by atoms with Crippen LogP contribution in [0.3, 0.4) is 0 Å². The summed E-state index contributed by atoms with van der Waals surface area (Å²) in [6.07, 6.45) is 0. The molecule has 2 aromatic heterocycles. The van der Waals surface area contributed by atoms with Crippen molar-refractivity contribution >= 4 is 101 Å². The molecule has 0 bridgehead atoms. The fourth-order valence-corrected chi connectivity index (χ4v) is 7.38. The van der Waals surface area contributed by atoms with E-state index in [1.807, 2.05) is 12.1 Å². The molecule has 0 saturated carbocycles. The van der Waals surface area contributed by atoms with E-state index in [0.717, 1.165) is 10.2 Å². The lowest BCUT2D eigenvalue weighted by Gasteiger charge is -2.05. The van der Waals surface area contributed by atoms with E-state index in [1.54, 1.807) is 36.4 Å². The maximum atomic E-state index is 12.6. The van der Waals surface area contributed by atoms with Crippen molar-refractivity contribution in [2.24, 2.45) is 0 Å². The van der Waals surface area contributed by atoms with Gasteiger partial charge in [0.25, 0.3) is 5.69 Å². The monoisotopic (exact) mass is 625 g/mol. The van der Waals surface area contributed by atoms with E-state index in [-0.39, 0.29) is 29.0 Å². The summed E-state index contributed by atoms with van der Waals surface area (Å²) in [4.78, 5) is 56.0. The number of hydrogen-bond acceptors (Lipinski definition) is 12. The summed E-state index contributed by atoms with van der Waals surface area (Å²) in [5.74, 6) is -0.591. The second kappa shape index (κ2) is 12.6. The number of thioether (sulfide) groups is 2. The van der Waals surface area contributed by atoms with Crippen LogP contribution in [0.5, 0.6) is 0 Å². The van der Waals surface area contributed by atoms with Gasteiger partial charge in [0.15, 0.2) is 8.68 Å². The number of methoxy groups -OCH3 is 1. The number of esters is 1. The third-order valence-electron chi connectivity index (χ3n) is 5.46. The number of nitro groups is 1. The fraction of sp³-hybridized carbons (Fsp3) is 0.115. The Morgan fingerprint density at radius 1 is 0.829 bits per heavy atom. The van der Waals surface area contributed by atoms with Gasteiger partial charge in [0.1, 0.15) is 0 Å². The Labute approximate surface area is 248 Å². The van der Waals surface area contributed by atoms with Gasteiger partial charge in [0.2, 0.25) is 11.8 Å². The van der Waals surface area contributed by atoms with Crippen LogP contribution in [-0.4, -0.2) is 51.3 Å². The molecule has 208 valence electrons. The predicted molar refractivity (Wildman–Crippen MR) is 162 cm³/mol. The Kier molecular flexibility index (Phi) is 8.78. The van der Waals surface area contributed by atoms with Gasteiger partial charge < -0.3 is 15.4 Å². The average molecular weight is 626 g/mol. The van der Waals surface area contributed by atoms with Crippen LogP contribution in [0.15, 0.2) is 69.3 Å². The summed E-state index contributed by atoms with van der Waals surface area (Å²) in [6, 6.07) is 16.3. The van der Waals surface area contributed by atoms with E-state index in [1.165, 1.54) is 65.4 Å². The molecule has 2 N–H and O–H groups in total. The van der Waals surface area contributed by atoms with Gasteiger partial charge >= 0.3 is 5.97 Å². The number of ether oxygens (including phenoxy) is 1. The molecule has 2 amide bonds. The first-order valence-electron chi connectivity index (χ1n) is 11.8. The summed E-state index contributed by atoms with van der Waals surface area (Å²) >= 11 is 5.29. The van der Waals surface area contributed by atoms with Gasteiger partial charge in [-0.1, -0.05) is 23.5 Å². The van der Waals surface area contributed by atoms with Gasteiger partial charge in [-0.25, -0.2) is 14.8 Å². The number of nitro benzene ring substituents is 1. The minimum absolute atomic E-state index is 0.00244. The molecule has 41 heavy (non-hydrogen) atoms. The summed E-state index contributed by atoms with van der Waals surface area (Å²) in [5.41, 5.74) is 3.00. The van der Waals surface area contributed by atoms with E-state index in [9.17, 15) is 24.5 Å². The first-order valence-corrected chi connectivity index (χ1v) is 15.4. The normalized spacial score (nSPS) is 11.0. The van der Waals surface area contributed by atoms with Crippen LogP contribution < -0.4 is 10.6 Å². The summed E-state index contributed by atoms with van der Waals surface area (Å²) in [5, 5.41) is 16.6. The van der Waals surface area contributed by atoms with Crippen LogP contribution in [0.4, 0.5) is 17.1 Å². The Hall–Kier alpha value is -4.05. The molecule has 5 aromatic rings. The van der Waals surface area contributed by atoms with Crippen LogP contribution in [-0.2, 0) is 14.3 Å². The molecule has 0 aliphatic rings. The molecular formula is C26H19N5O6S4. The maximum Gasteiger partial charge on any atom is 0.337 e. The number of hydrogen-bond donors (Lipinski definition) is 2. The highest BCUT2D eigenvalue weighted by molar-refractivity contribution is 8.02. The molecule has 0 aliphatic carbocycles. The molecule has 2 heterocycles. The highest BCUT2D eigenvalue weighted by Crippen LogP contribution is 2.33. The van der Waals surface area contributed by atoms with E-state index < -0.39 is 10.9 Å². The third kappa shape index (κ3) is 7.18. The molecule has 0 unspecified atom stereocenters. The Morgan fingerprint density at radius 3 is 1.95 bits per heavy atom. The third-order valence-corrected chi connectivity index (χ3v) is 9.78. The summed E-state index contributed by atoms with van der Waals surface area (Å²) in [7, 11) is 1.31. The van der Waals surface area contributed by atoms with Crippen molar-refractivity contribution in [1.82, 2.24) is 9.97 Å². The van der Waals surface area contributed by atoms with Gasteiger partial charge in [-0.3, -0.25) is 19.7 Å². The number of fused-ring (bicyclic) bond motifs is 2. The Morgan fingerprint density at radius 2 is 1.37 bits per heavy atom. The molecule has 0 aliphatic heterocycles. The molecule has 0 saturated heterocycles. The van der Waals surface area contributed by atoms with Crippen molar-refractivity contribution in [3.8, 4) is 0 Å². The van der Waals surface area contributed by atoms with Crippen molar-refractivity contribution in [2.75, 3.05) is 29.2 Å². The largest absolute Gasteiger partial charge is 0.465 e. The van der Waals surface area contributed by atoms with Crippen LogP contribution in [0.25, 0.3) is 20.4 Å². The SMILES string of the molecule is COC(=O)c1ccc(NC(=O)CSc2nc3ccc(NC(=O)CSc4nc5ccc([N+](=O)[O-])cc5s4)cc3s2)cc1. The van der Waals surface area contributed by atoms with Gasteiger partial charge in [-0.2, -0.15) is 0 Å². The van der Waals surface area contributed by atoms with E-state index in [0.29, 0.717) is 35.8 Å². The molecule has 0 radical (unpaired) electrons. The summed E-state index contributed by atoms with van der Waals surface area (Å²) in [6.45, 7) is 0. The number of benzene rings is 3. The topological polar surface area (TPSA) is 153 Å². The number of nitrogens with zero attached hydrogens (tertiary/aromatic N) is 3. The second-order valence-electron chi connectivity index (χ2n) is 8.29. The standard InChI is InChI=1S/C26H19N5O6S4/c1-37-24(34)14-2-4-15(5-3-14)27-22(32)12-38-25-29-18-8-6-16(10-20(18)40-25)28-23(33)13-39-26-30-19-9-7-17(31(35)36)11-21(19)41-26/h2-11H,12-13H2,1H3,(H,27,32)(H,28,33). The van der Waals surface area contributed by atoms with Crippen molar-refractivity contribution in [1.29, 1.82) is 0 Å². The average Bonchev–Trinajstić information content (AvgIpc) is 3.57. The zero-order chi connectivity index (χ0) is 28.9. The van der Waals surface area contributed by atoms with Crippen LogP contribution in [0.1, 0.15) is 10.4 Å². The molecule has 5 rings (SSSR count). The minimum Gasteiger partial charge on any atom is -0.465 e. The van der Waals surface area contributed by atoms with E-state index in [2.05, 4.69) is 25.3 Å². The molecular weight excluding hydrogens is 607 g/mol. The number of nitrogens with one attached hydrogen (secondary N) is 2. The van der Waals surface area contributed by atoms with Crippen LogP contribution in [0, 0.1) is 10.1 Å². The minimum atomic E-state index is -0.450. The maximum absolute atomic E-state index is 12.6. The molecule has 3 aromatic carbocycles. The smallest absolute Gasteiger partial charge is 0.337 e. The van der Waals surface area contributed by atoms with Crippen molar-refractivity contribution < 1.29 is 24.0 Å². The quantitative estimate of drug-likeness (QED) is 0.0810. The van der Waals surface area contributed by atoms with Crippen molar-refractivity contribution in [3.05, 3.63) is 76.3 Å². The number of amides is 2. The number of rotatable bonds is 10. The molecule has 11 nitrogen and oxygen atoms in total. The zero-order valence-corrected chi connectivity index (χ0v) is 24.4. The summed E-state index contributed by atoms with van der Waals surface area (Å²) < 4.78 is 7.59. The molecule has 0 spiro atoms. The number of anilines is 2. The van der Waals surface area contributed by atoms with E-state index >= 15 is 0 Å². The molecule has 0 fully saturated rings.